The van der Waals surface area contributed by atoms with E-state index < -0.39 is 0 Å². The van der Waals surface area contributed by atoms with E-state index in [-0.39, 0.29) is 35.1 Å². The van der Waals surface area contributed by atoms with Gasteiger partial charge in [-0.2, -0.15) is 0 Å². The SMILES string of the molecule is CC(C)(C)c1cc(C(C)(C)C)c([NH-])c(C(C)(C)C)c1.[Li+]. The van der Waals surface area contributed by atoms with Gasteiger partial charge < -0.3 is 5.73 Å². The summed E-state index contributed by atoms with van der Waals surface area (Å²) < 4.78 is 0. The van der Waals surface area contributed by atoms with Crippen LogP contribution in [-0.4, -0.2) is 0 Å². The first-order chi connectivity index (χ1) is 8.24. The molecule has 1 aromatic rings. The summed E-state index contributed by atoms with van der Waals surface area (Å²) in [5, 5.41) is 0. The average Bonchev–Trinajstić information content (AvgIpc) is 2.11. The molecule has 0 radical (unpaired) electrons. The monoisotopic (exact) mass is 267 g/mol. The molecule has 0 spiro atoms. The summed E-state index contributed by atoms with van der Waals surface area (Å²) in [4.78, 5) is 0. The minimum absolute atomic E-state index is 0. The quantitative estimate of drug-likeness (QED) is 0.644. The predicted molar refractivity (Wildman–Crippen MR) is 86.5 cm³/mol. The van der Waals surface area contributed by atoms with Crippen molar-refractivity contribution < 1.29 is 18.9 Å². The Morgan fingerprint density at radius 3 is 1.15 bits per heavy atom. The number of hydrogen-bond acceptors (Lipinski definition) is 0. The van der Waals surface area contributed by atoms with E-state index in [1.807, 2.05) is 0 Å². The third kappa shape index (κ3) is 4.30. The van der Waals surface area contributed by atoms with Crippen LogP contribution < -0.4 is 18.9 Å². The van der Waals surface area contributed by atoms with Crippen LogP contribution in [0.1, 0.15) is 79.0 Å². The van der Waals surface area contributed by atoms with Crippen molar-refractivity contribution in [1.29, 1.82) is 0 Å². The van der Waals surface area contributed by atoms with Gasteiger partial charge in [0.2, 0.25) is 0 Å². The second-order valence-corrected chi connectivity index (χ2v) is 8.70. The molecule has 0 heterocycles. The van der Waals surface area contributed by atoms with Gasteiger partial charge in [0.25, 0.3) is 0 Å². The standard InChI is InChI=1S/C18H30N.Li/c1-16(2,3)12-10-13(17(4,5)6)15(19)14(11-12)18(7,8)9;/h10-11,19H,1-9H3;/q-1;+1. The molecule has 0 aliphatic rings. The topological polar surface area (TPSA) is 23.8 Å². The van der Waals surface area contributed by atoms with Crippen LogP contribution in [0, 0.1) is 0 Å². The van der Waals surface area contributed by atoms with Crippen molar-refractivity contribution >= 4 is 5.69 Å². The van der Waals surface area contributed by atoms with Gasteiger partial charge in [0.1, 0.15) is 0 Å². The van der Waals surface area contributed by atoms with E-state index in [1.165, 1.54) is 5.56 Å². The molecular formula is C18H30LiN. The largest absolute Gasteiger partial charge is 1.00 e. The van der Waals surface area contributed by atoms with E-state index in [0.29, 0.717) is 5.69 Å². The van der Waals surface area contributed by atoms with Crippen molar-refractivity contribution in [2.75, 3.05) is 0 Å². The molecule has 1 nitrogen and oxygen atoms in total. The molecule has 0 aliphatic heterocycles. The Morgan fingerprint density at radius 2 is 0.950 bits per heavy atom. The first kappa shape index (κ1) is 19.6. The van der Waals surface area contributed by atoms with Crippen LogP contribution in [0.2, 0.25) is 0 Å². The van der Waals surface area contributed by atoms with Crippen LogP contribution in [-0.2, 0) is 16.2 Å². The number of hydrogen-bond donors (Lipinski definition) is 0. The second-order valence-electron chi connectivity index (χ2n) is 8.70. The summed E-state index contributed by atoms with van der Waals surface area (Å²) >= 11 is 0. The molecule has 0 aliphatic carbocycles. The maximum Gasteiger partial charge on any atom is 1.00 e. The van der Waals surface area contributed by atoms with Gasteiger partial charge in [0, 0.05) is 0 Å². The van der Waals surface area contributed by atoms with E-state index in [0.717, 1.165) is 11.1 Å². The van der Waals surface area contributed by atoms with Crippen LogP contribution in [0.4, 0.5) is 5.69 Å². The smallest absolute Gasteiger partial charge is 0.698 e. The number of rotatable bonds is 0. The Labute approximate surface area is 137 Å². The van der Waals surface area contributed by atoms with Gasteiger partial charge in [0.05, 0.1) is 0 Å². The maximum absolute atomic E-state index is 8.56. The molecule has 108 valence electrons. The third-order valence-corrected chi connectivity index (χ3v) is 3.62. The summed E-state index contributed by atoms with van der Waals surface area (Å²) in [6, 6.07) is 4.47. The molecule has 2 heteroatoms. The molecule has 0 atom stereocenters. The zero-order chi connectivity index (χ0) is 15.2. The minimum Gasteiger partial charge on any atom is -0.698 e. The summed E-state index contributed by atoms with van der Waals surface area (Å²) in [7, 11) is 0. The molecule has 0 unspecified atom stereocenters. The molecule has 0 fully saturated rings. The normalized spacial score (nSPS) is 13.1. The van der Waals surface area contributed by atoms with Gasteiger partial charge in [-0.1, -0.05) is 85.6 Å². The van der Waals surface area contributed by atoms with Crippen LogP contribution in [0.5, 0.6) is 0 Å². The molecular weight excluding hydrogens is 237 g/mol. The maximum atomic E-state index is 8.56. The van der Waals surface area contributed by atoms with E-state index in [1.54, 1.807) is 0 Å². The van der Waals surface area contributed by atoms with Crippen LogP contribution in [0.25, 0.3) is 5.73 Å². The molecule has 0 amide bonds. The number of benzene rings is 1. The first-order valence-electron chi connectivity index (χ1n) is 7.15. The second kappa shape index (κ2) is 5.78. The minimum atomic E-state index is 0. The number of nitrogens with one attached hydrogen (secondary N) is 1. The van der Waals surface area contributed by atoms with Gasteiger partial charge in [0.15, 0.2) is 0 Å². The van der Waals surface area contributed by atoms with Crippen molar-refractivity contribution in [3.8, 4) is 0 Å². The first-order valence-corrected chi connectivity index (χ1v) is 7.15. The van der Waals surface area contributed by atoms with E-state index in [9.17, 15) is 0 Å². The van der Waals surface area contributed by atoms with Crippen LogP contribution >= 0.6 is 0 Å². The Bertz CT molecular complexity index is 433. The van der Waals surface area contributed by atoms with Crippen molar-refractivity contribution in [3.05, 3.63) is 34.6 Å². The molecule has 0 bridgehead atoms. The molecule has 1 rings (SSSR count). The van der Waals surface area contributed by atoms with E-state index in [2.05, 4.69) is 74.4 Å². The molecule has 0 saturated carbocycles. The van der Waals surface area contributed by atoms with Gasteiger partial charge >= 0.3 is 18.9 Å². The fourth-order valence-electron chi connectivity index (χ4n) is 2.26. The van der Waals surface area contributed by atoms with Crippen molar-refractivity contribution in [2.24, 2.45) is 0 Å². The molecule has 20 heavy (non-hydrogen) atoms. The van der Waals surface area contributed by atoms with Gasteiger partial charge in [-0.25, -0.2) is 0 Å². The fourth-order valence-corrected chi connectivity index (χ4v) is 2.26. The fraction of sp³-hybridized carbons (Fsp3) is 0.667. The zero-order valence-corrected chi connectivity index (χ0v) is 15.2. The van der Waals surface area contributed by atoms with Gasteiger partial charge in [-0.15, -0.1) is 5.69 Å². The molecule has 0 aromatic heterocycles. The summed E-state index contributed by atoms with van der Waals surface area (Å²) in [6.07, 6.45) is 0. The zero-order valence-electron chi connectivity index (χ0n) is 15.2. The van der Waals surface area contributed by atoms with Crippen LogP contribution in [0.15, 0.2) is 12.1 Å². The van der Waals surface area contributed by atoms with Gasteiger partial charge in [-0.05, 0) is 21.8 Å². The van der Waals surface area contributed by atoms with E-state index in [4.69, 9.17) is 5.73 Å². The molecule has 1 N–H and O–H groups in total. The summed E-state index contributed by atoms with van der Waals surface area (Å²) in [6.45, 7) is 19.9. The van der Waals surface area contributed by atoms with Crippen molar-refractivity contribution in [1.82, 2.24) is 0 Å². The predicted octanol–water partition coefficient (Wildman–Crippen LogP) is 3.27. The average molecular weight is 267 g/mol. The Morgan fingerprint density at radius 1 is 0.650 bits per heavy atom. The Hall–Kier alpha value is -0.383. The molecule has 0 saturated heterocycles. The Balaban J connectivity index is 0.00000361. The molecule has 1 aromatic carbocycles. The van der Waals surface area contributed by atoms with Crippen LogP contribution in [0.3, 0.4) is 0 Å². The summed E-state index contributed by atoms with van der Waals surface area (Å²) in [5.41, 5.74) is 13.1. The third-order valence-electron chi connectivity index (χ3n) is 3.62. The summed E-state index contributed by atoms with van der Waals surface area (Å²) in [5.74, 6) is 0. The van der Waals surface area contributed by atoms with Gasteiger partial charge in [-0.3, -0.25) is 0 Å². The Kier molecular flexibility index (Phi) is 5.67. The van der Waals surface area contributed by atoms with Crippen molar-refractivity contribution in [2.45, 2.75) is 78.6 Å². The van der Waals surface area contributed by atoms with Crippen molar-refractivity contribution in [3.63, 3.8) is 0 Å². The van der Waals surface area contributed by atoms with E-state index >= 15 is 0 Å².